The van der Waals surface area contributed by atoms with E-state index in [0.717, 1.165) is 0 Å². The maximum Gasteiger partial charge on any atom is 0.393 e. The van der Waals surface area contributed by atoms with Gasteiger partial charge in [-0.3, -0.25) is 4.90 Å². The lowest BCUT2D eigenvalue weighted by atomic mass is 10.1. The number of halogens is 3. The van der Waals surface area contributed by atoms with Crippen LogP contribution in [0.4, 0.5) is 18.9 Å². The van der Waals surface area contributed by atoms with E-state index in [1.165, 1.54) is 0 Å². The number of anilines is 1. The molecular formula is C12H14F3N5O. The van der Waals surface area contributed by atoms with E-state index in [0.29, 0.717) is 41.2 Å². The molecule has 6 nitrogen and oxygen atoms in total. The van der Waals surface area contributed by atoms with Crippen LogP contribution in [0.3, 0.4) is 0 Å². The monoisotopic (exact) mass is 301 g/mol. The Morgan fingerprint density at radius 1 is 1.38 bits per heavy atom. The molecule has 1 aliphatic heterocycles. The fourth-order valence-corrected chi connectivity index (χ4v) is 2.66. The molecule has 9 heteroatoms. The average Bonchev–Trinajstić information content (AvgIpc) is 3.01. The first-order chi connectivity index (χ1) is 9.86. The third kappa shape index (κ3) is 2.53. The van der Waals surface area contributed by atoms with Gasteiger partial charge in [0.15, 0.2) is 5.52 Å². The molecule has 1 atom stereocenters. The Kier molecular flexibility index (Phi) is 3.23. The zero-order valence-corrected chi connectivity index (χ0v) is 11.3. The molecule has 0 amide bonds. The number of nitrogens with two attached hydrogens (primary N) is 1. The van der Waals surface area contributed by atoms with Gasteiger partial charge >= 0.3 is 6.18 Å². The van der Waals surface area contributed by atoms with Crippen LogP contribution in [-0.4, -0.2) is 39.5 Å². The summed E-state index contributed by atoms with van der Waals surface area (Å²) in [5, 5.41) is 7.29. The maximum atomic E-state index is 12.7. The molecule has 21 heavy (non-hydrogen) atoms. The molecule has 0 radical (unpaired) electrons. The molecule has 1 aliphatic rings. The van der Waals surface area contributed by atoms with Crippen molar-refractivity contribution < 1.29 is 17.8 Å². The molecule has 2 aromatic heterocycles. The third-order valence-corrected chi connectivity index (χ3v) is 3.88. The molecule has 0 saturated carbocycles. The summed E-state index contributed by atoms with van der Waals surface area (Å²) < 4.78 is 42.7. The zero-order valence-electron chi connectivity index (χ0n) is 11.3. The van der Waals surface area contributed by atoms with Crippen molar-refractivity contribution in [2.24, 2.45) is 5.92 Å². The Balaban J connectivity index is 1.83. The molecule has 1 fully saturated rings. The van der Waals surface area contributed by atoms with Crippen LogP contribution < -0.4 is 5.73 Å². The predicted molar refractivity (Wildman–Crippen MR) is 68.2 cm³/mol. The summed E-state index contributed by atoms with van der Waals surface area (Å²) in [6, 6.07) is 0. The average molecular weight is 301 g/mol. The smallest absolute Gasteiger partial charge is 0.393 e. The number of alkyl halides is 3. The first-order valence-corrected chi connectivity index (χ1v) is 6.52. The van der Waals surface area contributed by atoms with E-state index in [1.54, 1.807) is 11.8 Å². The lowest BCUT2D eigenvalue weighted by molar-refractivity contribution is -0.170. The van der Waals surface area contributed by atoms with Gasteiger partial charge in [0.05, 0.1) is 11.6 Å². The number of nitrogens with zero attached hydrogens (tertiary/aromatic N) is 4. The third-order valence-electron chi connectivity index (χ3n) is 3.88. The molecule has 1 saturated heterocycles. The van der Waals surface area contributed by atoms with Crippen LogP contribution in [0.1, 0.15) is 17.7 Å². The normalized spacial score (nSPS) is 20.5. The Hall–Kier alpha value is -1.90. The summed E-state index contributed by atoms with van der Waals surface area (Å²) in [5.41, 5.74) is 8.35. The van der Waals surface area contributed by atoms with E-state index in [4.69, 9.17) is 5.73 Å². The Labute approximate surface area is 118 Å². The number of rotatable bonds is 2. The van der Waals surface area contributed by atoms with Crippen molar-refractivity contribution in [2.75, 3.05) is 18.8 Å². The number of aryl methyl sites for hydroxylation is 1. The molecule has 0 spiro atoms. The summed E-state index contributed by atoms with van der Waals surface area (Å²) in [4.78, 5) is 5.94. The minimum Gasteiger partial charge on any atom is -0.396 e. The van der Waals surface area contributed by atoms with E-state index in [-0.39, 0.29) is 13.0 Å². The van der Waals surface area contributed by atoms with Crippen molar-refractivity contribution in [3.05, 3.63) is 11.3 Å². The van der Waals surface area contributed by atoms with Crippen LogP contribution >= 0.6 is 0 Å². The van der Waals surface area contributed by atoms with Gasteiger partial charge < -0.3 is 5.73 Å². The first-order valence-electron chi connectivity index (χ1n) is 6.52. The second kappa shape index (κ2) is 4.83. The van der Waals surface area contributed by atoms with Crippen molar-refractivity contribution >= 4 is 16.9 Å². The van der Waals surface area contributed by atoms with Gasteiger partial charge in [-0.15, -0.1) is 0 Å². The standard InChI is InChI=1S/C12H14F3N5O/c1-6-8(9(16)10-11(17-6)19-21-18-10)5-20-3-2-7(4-20)12(13,14)15/h7H,2-5,16H2,1H3. The van der Waals surface area contributed by atoms with Crippen molar-refractivity contribution in [3.8, 4) is 0 Å². The highest BCUT2D eigenvalue weighted by molar-refractivity contribution is 5.85. The van der Waals surface area contributed by atoms with Gasteiger partial charge in [0.25, 0.3) is 0 Å². The molecule has 3 heterocycles. The second-order valence-corrected chi connectivity index (χ2v) is 5.29. The highest BCUT2D eigenvalue weighted by Crippen LogP contribution is 2.35. The van der Waals surface area contributed by atoms with E-state index in [9.17, 15) is 13.2 Å². The van der Waals surface area contributed by atoms with Crippen molar-refractivity contribution in [1.29, 1.82) is 0 Å². The van der Waals surface area contributed by atoms with Gasteiger partial charge in [0.2, 0.25) is 5.65 Å². The molecule has 2 N–H and O–H groups in total. The number of aromatic nitrogens is 3. The Morgan fingerprint density at radius 2 is 2.14 bits per heavy atom. The molecule has 1 unspecified atom stereocenters. The summed E-state index contributed by atoms with van der Waals surface area (Å²) in [6.45, 7) is 2.44. The molecule has 0 aliphatic carbocycles. The van der Waals surface area contributed by atoms with Gasteiger partial charge in [0.1, 0.15) is 0 Å². The van der Waals surface area contributed by atoms with Crippen LogP contribution in [0, 0.1) is 12.8 Å². The molecule has 114 valence electrons. The highest BCUT2D eigenvalue weighted by atomic mass is 19.4. The van der Waals surface area contributed by atoms with Crippen LogP contribution in [0.25, 0.3) is 11.2 Å². The van der Waals surface area contributed by atoms with Crippen molar-refractivity contribution in [2.45, 2.75) is 26.1 Å². The Morgan fingerprint density at radius 3 is 2.81 bits per heavy atom. The summed E-state index contributed by atoms with van der Waals surface area (Å²) >= 11 is 0. The van der Waals surface area contributed by atoms with Crippen molar-refractivity contribution in [1.82, 2.24) is 20.2 Å². The summed E-state index contributed by atoms with van der Waals surface area (Å²) in [5.74, 6) is -1.27. The molecule has 0 aromatic carbocycles. The van der Waals surface area contributed by atoms with E-state index in [2.05, 4.69) is 19.9 Å². The van der Waals surface area contributed by atoms with E-state index >= 15 is 0 Å². The number of hydrogen-bond acceptors (Lipinski definition) is 6. The number of nitrogen functional groups attached to an aromatic ring is 1. The largest absolute Gasteiger partial charge is 0.396 e. The summed E-state index contributed by atoms with van der Waals surface area (Å²) in [6.07, 6.45) is -4.03. The number of pyridine rings is 1. The predicted octanol–water partition coefficient (Wildman–Crippen LogP) is 1.89. The van der Waals surface area contributed by atoms with Gasteiger partial charge in [-0.05, 0) is 30.2 Å². The number of likely N-dealkylation sites (tertiary alicyclic amines) is 1. The van der Waals surface area contributed by atoms with Gasteiger partial charge in [0, 0.05) is 24.3 Å². The zero-order chi connectivity index (χ0) is 15.2. The fraction of sp³-hybridized carbons (Fsp3) is 0.583. The number of hydrogen-bond donors (Lipinski definition) is 1. The van der Waals surface area contributed by atoms with Gasteiger partial charge in [-0.1, -0.05) is 0 Å². The van der Waals surface area contributed by atoms with E-state index in [1.807, 2.05) is 0 Å². The summed E-state index contributed by atoms with van der Waals surface area (Å²) in [7, 11) is 0. The quantitative estimate of drug-likeness (QED) is 0.912. The second-order valence-electron chi connectivity index (χ2n) is 5.29. The lowest BCUT2D eigenvalue weighted by Gasteiger charge is -2.19. The molecular weight excluding hydrogens is 287 g/mol. The van der Waals surface area contributed by atoms with E-state index < -0.39 is 12.1 Å². The van der Waals surface area contributed by atoms with Crippen LogP contribution in [-0.2, 0) is 6.54 Å². The van der Waals surface area contributed by atoms with Gasteiger partial charge in [-0.25, -0.2) is 9.61 Å². The Bertz CT molecular complexity index is 669. The molecule has 3 rings (SSSR count). The maximum absolute atomic E-state index is 12.7. The topological polar surface area (TPSA) is 81.1 Å². The molecule has 2 aromatic rings. The SMILES string of the molecule is Cc1nc2nonc2c(N)c1CN1CCC(C(F)(F)F)C1. The molecule has 0 bridgehead atoms. The lowest BCUT2D eigenvalue weighted by Crippen LogP contribution is -2.27. The minimum absolute atomic E-state index is 0.0164. The van der Waals surface area contributed by atoms with Crippen molar-refractivity contribution in [3.63, 3.8) is 0 Å². The first kappa shape index (κ1) is 14.1. The highest BCUT2D eigenvalue weighted by Gasteiger charge is 2.43. The fourth-order valence-electron chi connectivity index (χ4n) is 2.66. The van der Waals surface area contributed by atoms with Crippen LogP contribution in [0.2, 0.25) is 0 Å². The number of fused-ring (bicyclic) bond motifs is 1. The van der Waals surface area contributed by atoms with Gasteiger partial charge in [-0.2, -0.15) is 13.2 Å². The minimum atomic E-state index is -4.15. The van der Waals surface area contributed by atoms with Crippen LogP contribution in [0.15, 0.2) is 4.63 Å². The van der Waals surface area contributed by atoms with Crippen LogP contribution in [0.5, 0.6) is 0 Å².